The van der Waals surface area contributed by atoms with Gasteiger partial charge < -0.3 is 10.6 Å². The molecule has 1 saturated carbocycles. The van der Waals surface area contributed by atoms with E-state index in [-0.39, 0.29) is 11.3 Å². The van der Waals surface area contributed by atoms with E-state index in [0.29, 0.717) is 0 Å². The topological polar surface area (TPSA) is 41.1 Å². The zero-order valence-electron chi connectivity index (χ0n) is 11.5. The number of amides is 1. The summed E-state index contributed by atoms with van der Waals surface area (Å²) in [5.74, 6) is 0.167. The fourth-order valence-corrected chi connectivity index (χ4v) is 2.68. The fourth-order valence-electron chi connectivity index (χ4n) is 2.68. The van der Waals surface area contributed by atoms with Gasteiger partial charge in [0, 0.05) is 12.2 Å². The molecule has 1 fully saturated rings. The van der Waals surface area contributed by atoms with Crippen LogP contribution in [0.15, 0.2) is 18.2 Å². The number of carbonyl (C=O) groups excluding carboxylic acids is 1. The predicted octanol–water partition coefficient (Wildman–Crippen LogP) is 2.63. The average molecular weight is 246 g/mol. The monoisotopic (exact) mass is 246 g/mol. The van der Waals surface area contributed by atoms with E-state index in [4.69, 9.17) is 0 Å². The Morgan fingerprint density at radius 3 is 2.33 bits per heavy atom. The van der Waals surface area contributed by atoms with Crippen molar-refractivity contribution in [3.8, 4) is 0 Å². The molecule has 0 saturated heterocycles. The molecule has 0 aromatic heterocycles. The van der Waals surface area contributed by atoms with Crippen LogP contribution in [0.4, 0.5) is 5.69 Å². The summed E-state index contributed by atoms with van der Waals surface area (Å²) in [6.45, 7) is 4.84. The smallest absolute Gasteiger partial charge is 0.231 e. The largest absolute Gasteiger partial charge is 0.325 e. The van der Waals surface area contributed by atoms with Crippen molar-refractivity contribution in [1.82, 2.24) is 5.32 Å². The number of aryl methyl sites for hydroxylation is 2. The summed E-state index contributed by atoms with van der Waals surface area (Å²) in [6.07, 6.45) is 3.14. The van der Waals surface area contributed by atoms with E-state index in [1.807, 2.05) is 39.1 Å². The van der Waals surface area contributed by atoms with Crippen LogP contribution in [0.25, 0.3) is 0 Å². The maximum Gasteiger partial charge on any atom is 0.231 e. The Kier molecular flexibility index (Phi) is 3.71. The summed E-state index contributed by atoms with van der Waals surface area (Å²) in [6, 6.07) is 6.09. The molecule has 1 aliphatic rings. The molecule has 0 atom stereocenters. The van der Waals surface area contributed by atoms with E-state index < -0.39 is 0 Å². The molecule has 2 N–H and O–H groups in total. The number of hydrogen-bond donors (Lipinski definition) is 2. The molecule has 2 rings (SSSR count). The molecule has 18 heavy (non-hydrogen) atoms. The lowest BCUT2D eigenvalue weighted by atomic mass is 9.68. The molecule has 98 valence electrons. The average Bonchev–Trinajstić information content (AvgIpc) is 2.28. The Balaban J connectivity index is 2.16. The molecule has 1 amide bonds. The molecule has 0 aliphatic heterocycles. The van der Waals surface area contributed by atoms with E-state index in [2.05, 4.69) is 10.6 Å². The lowest BCUT2D eigenvalue weighted by molar-refractivity contribution is -0.129. The van der Waals surface area contributed by atoms with Gasteiger partial charge in [-0.25, -0.2) is 0 Å². The minimum absolute atomic E-state index is 0.167. The van der Waals surface area contributed by atoms with Gasteiger partial charge in [-0.1, -0.05) is 24.6 Å². The maximum absolute atomic E-state index is 12.5. The Labute approximate surface area is 109 Å². The number of anilines is 1. The molecule has 0 heterocycles. The van der Waals surface area contributed by atoms with Crippen molar-refractivity contribution >= 4 is 11.6 Å². The molecule has 0 bridgehead atoms. The van der Waals surface area contributed by atoms with Crippen LogP contribution >= 0.6 is 0 Å². The predicted molar refractivity (Wildman–Crippen MR) is 74.8 cm³/mol. The van der Waals surface area contributed by atoms with Gasteiger partial charge in [0.2, 0.25) is 5.91 Å². The SMILES string of the molecule is CNCC1(C(=O)Nc2c(C)cccc2C)CCC1. The third kappa shape index (κ3) is 2.27. The lowest BCUT2D eigenvalue weighted by Gasteiger charge is -2.40. The number of benzene rings is 1. The van der Waals surface area contributed by atoms with Crippen LogP contribution in [-0.4, -0.2) is 19.5 Å². The van der Waals surface area contributed by atoms with Gasteiger partial charge in [0.15, 0.2) is 0 Å². The zero-order chi connectivity index (χ0) is 13.2. The minimum Gasteiger partial charge on any atom is -0.325 e. The number of hydrogen-bond acceptors (Lipinski definition) is 2. The van der Waals surface area contributed by atoms with Crippen LogP contribution in [-0.2, 0) is 4.79 Å². The van der Waals surface area contributed by atoms with Gasteiger partial charge in [-0.15, -0.1) is 0 Å². The highest BCUT2D eigenvalue weighted by atomic mass is 16.2. The molecular weight excluding hydrogens is 224 g/mol. The first-order chi connectivity index (χ1) is 8.59. The standard InChI is InChI=1S/C15H22N2O/c1-11-6-4-7-12(2)13(11)17-14(18)15(10-16-3)8-5-9-15/h4,6-7,16H,5,8-10H2,1-3H3,(H,17,18). The highest BCUT2D eigenvalue weighted by molar-refractivity contribution is 5.97. The Morgan fingerprint density at radius 1 is 1.28 bits per heavy atom. The van der Waals surface area contributed by atoms with Crippen LogP contribution in [0.1, 0.15) is 30.4 Å². The van der Waals surface area contributed by atoms with E-state index in [1.54, 1.807) is 0 Å². The van der Waals surface area contributed by atoms with Gasteiger partial charge in [0.25, 0.3) is 0 Å². The lowest BCUT2D eigenvalue weighted by Crippen LogP contribution is -2.48. The van der Waals surface area contributed by atoms with Crippen LogP contribution in [0.3, 0.4) is 0 Å². The zero-order valence-corrected chi connectivity index (χ0v) is 11.5. The Bertz CT molecular complexity index is 430. The summed E-state index contributed by atoms with van der Waals surface area (Å²) in [5, 5.41) is 6.27. The first-order valence-electron chi connectivity index (χ1n) is 6.61. The van der Waals surface area contributed by atoms with E-state index in [1.165, 1.54) is 0 Å². The maximum atomic E-state index is 12.5. The molecule has 1 aromatic rings. The Hall–Kier alpha value is -1.35. The van der Waals surface area contributed by atoms with Crippen molar-refractivity contribution in [3.05, 3.63) is 29.3 Å². The minimum atomic E-state index is -0.191. The number of para-hydroxylation sites is 1. The van der Waals surface area contributed by atoms with Gasteiger partial charge in [0.05, 0.1) is 5.41 Å². The van der Waals surface area contributed by atoms with Gasteiger partial charge in [0.1, 0.15) is 0 Å². The van der Waals surface area contributed by atoms with E-state index >= 15 is 0 Å². The van der Waals surface area contributed by atoms with E-state index in [0.717, 1.165) is 42.6 Å². The summed E-state index contributed by atoms with van der Waals surface area (Å²) in [4.78, 5) is 12.5. The third-order valence-corrected chi connectivity index (χ3v) is 4.03. The van der Waals surface area contributed by atoms with Gasteiger partial charge >= 0.3 is 0 Å². The number of nitrogens with one attached hydrogen (secondary N) is 2. The molecule has 3 nitrogen and oxygen atoms in total. The second kappa shape index (κ2) is 5.11. The summed E-state index contributed by atoms with van der Waals surface area (Å²) >= 11 is 0. The first kappa shape index (κ1) is 13.1. The number of rotatable bonds is 4. The van der Waals surface area contributed by atoms with Crippen LogP contribution < -0.4 is 10.6 Å². The van der Waals surface area contributed by atoms with Crippen molar-refractivity contribution in [2.75, 3.05) is 18.9 Å². The molecule has 1 aliphatic carbocycles. The molecule has 0 spiro atoms. The van der Waals surface area contributed by atoms with Gasteiger partial charge in [-0.2, -0.15) is 0 Å². The van der Waals surface area contributed by atoms with Crippen molar-refractivity contribution in [3.63, 3.8) is 0 Å². The number of carbonyl (C=O) groups is 1. The van der Waals surface area contributed by atoms with Crippen molar-refractivity contribution in [2.45, 2.75) is 33.1 Å². The van der Waals surface area contributed by atoms with E-state index in [9.17, 15) is 4.79 Å². The molecular formula is C15H22N2O. The van der Waals surface area contributed by atoms with Crippen molar-refractivity contribution < 1.29 is 4.79 Å². The van der Waals surface area contributed by atoms with Crippen LogP contribution in [0, 0.1) is 19.3 Å². The first-order valence-corrected chi connectivity index (χ1v) is 6.61. The van der Waals surface area contributed by atoms with Crippen LogP contribution in [0.2, 0.25) is 0 Å². The summed E-state index contributed by atoms with van der Waals surface area (Å²) in [7, 11) is 1.91. The Morgan fingerprint density at radius 2 is 1.89 bits per heavy atom. The van der Waals surface area contributed by atoms with Gasteiger partial charge in [-0.05, 0) is 44.9 Å². The highest BCUT2D eigenvalue weighted by Crippen LogP contribution is 2.41. The molecule has 1 aromatic carbocycles. The van der Waals surface area contributed by atoms with Gasteiger partial charge in [-0.3, -0.25) is 4.79 Å². The second-order valence-corrected chi connectivity index (χ2v) is 5.39. The molecule has 3 heteroatoms. The second-order valence-electron chi connectivity index (χ2n) is 5.39. The summed E-state index contributed by atoms with van der Waals surface area (Å²) < 4.78 is 0. The fraction of sp³-hybridized carbons (Fsp3) is 0.533. The van der Waals surface area contributed by atoms with Crippen LogP contribution in [0.5, 0.6) is 0 Å². The molecule has 0 radical (unpaired) electrons. The molecule has 0 unspecified atom stereocenters. The van der Waals surface area contributed by atoms with Crippen molar-refractivity contribution in [2.24, 2.45) is 5.41 Å². The third-order valence-electron chi connectivity index (χ3n) is 4.03. The van der Waals surface area contributed by atoms with Crippen molar-refractivity contribution in [1.29, 1.82) is 0 Å². The quantitative estimate of drug-likeness (QED) is 0.857. The summed E-state index contributed by atoms with van der Waals surface area (Å²) in [5.41, 5.74) is 3.04. The highest BCUT2D eigenvalue weighted by Gasteiger charge is 2.43. The normalized spacial score (nSPS) is 17.1.